The second-order valence-corrected chi connectivity index (χ2v) is 3.92. The van der Waals surface area contributed by atoms with Crippen molar-refractivity contribution in [3.63, 3.8) is 0 Å². The molecule has 80 valence electrons. The molecule has 3 nitrogen and oxygen atoms in total. The third kappa shape index (κ3) is 2.29. The van der Waals surface area contributed by atoms with E-state index in [1.54, 1.807) is 0 Å². The third-order valence-corrected chi connectivity index (χ3v) is 2.78. The summed E-state index contributed by atoms with van der Waals surface area (Å²) in [4.78, 5) is 13.5. The van der Waals surface area contributed by atoms with Gasteiger partial charge < -0.3 is 10.2 Å². The van der Waals surface area contributed by atoms with Gasteiger partial charge in [0.1, 0.15) is 0 Å². The van der Waals surface area contributed by atoms with Gasteiger partial charge in [0, 0.05) is 13.1 Å². The first-order valence-corrected chi connectivity index (χ1v) is 5.38. The standard InChI is InChI=1S/C12H16N2O/c1-10(11-6-3-2-4-7-11)13-12(15)14-8-5-9-14/h2-4,6-7,10H,5,8-9H2,1H3,(H,13,15). The van der Waals surface area contributed by atoms with Crippen molar-refractivity contribution >= 4 is 6.03 Å². The van der Waals surface area contributed by atoms with Crippen LogP contribution >= 0.6 is 0 Å². The maximum absolute atomic E-state index is 11.6. The third-order valence-electron chi connectivity index (χ3n) is 2.78. The highest BCUT2D eigenvalue weighted by molar-refractivity contribution is 5.75. The molecule has 1 saturated heterocycles. The topological polar surface area (TPSA) is 32.3 Å². The molecular formula is C12H16N2O. The molecule has 0 aromatic heterocycles. The number of rotatable bonds is 2. The second kappa shape index (κ2) is 4.34. The molecule has 1 aliphatic heterocycles. The van der Waals surface area contributed by atoms with E-state index in [2.05, 4.69) is 5.32 Å². The van der Waals surface area contributed by atoms with E-state index in [1.807, 2.05) is 42.2 Å². The lowest BCUT2D eigenvalue weighted by atomic mass is 10.1. The van der Waals surface area contributed by atoms with Gasteiger partial charge in [-0.05, 0) is 18.9 Å². The molecule has 1 atom stereocenters. The minimum Gasteiger partial charge on any atom is -0.331 e. The summed E-state index contributed by atoms with van der Waals surface area (Å²) >= 11 is 0. The first-order chi connectivity index (χ1) is 7.27. The first kappa shape index (κ1) is 10.0. The lowest BCUT2D eigenvalue weighted by Crippen LogP contribution is -2.48. The predicted octanol–water partition coefficient (Wildman–Crippen LogP) is 2.16. The zero-order valence-electron chi connectivity index (χ0n) is 8.94. The van der Waals surface area contributed by atoms with Gasteiger partial charge in [0.2, 0.25) is 0 Å². The number of likely N-dealkylation sites (tertiary alicyclic amines) is 1. The number of nitrogens with zero attached hydrogens (tertiary/aromatic N) is 1. The van der Waals surface area contributed by atoms with Gasteiger partial charge in [-0.2, -0.15) is 0 Å². The van der Waals surface area contributed by atoms with Gasteiger partial charge in [0.25, 0.3) is 0 Å². The van der Waals surface area contributed by atoms with Gasteiger partial charge in [-0.15, -0.1) is 0 Å². The lowest BCUT2D eigenvalue weighted by Gasteiger charge is -2.32. The Kier molecular flexibility index (Phi) is 2.90. The molecule has 2 rings (SSSR count). The maximum Gasteiger partial charge on any atom is 0.317 e. The molecule has 0 radical (unpaired) electrons. The number of amides is 2. The number of hydrogen-bond acceptors (Lipinski definition) is 1. The molecular weight excluding hydrogens is 188 g/mol. The van der Waals surface area contributed by atoms with E-state index in [0.717, 1.165) is 25.1 Å². The molecule has 15 heavy (non-hydrogen) atoms. The number of carbonyl (C=O) groups is 1. The number of nitrogens with one attached hydrogen (secondary N) is 1. The Morgan fingerprint density at radius 3 is 2.53 bits per heavy atom. The van der Waals surface area contributed by atoms with E-state index in [9.17, 15) is 4.79 Å². The molecule has 0 spiro atoms. The summed E-state index contributed by atoms with van der Waals surface area (Å²) in [5.41, 5.74) is 1.14. The summed E-state index contributed by atoms with van der Waals surface area (Å²) in [5, 5.41) is 2.99. The Morgan fingerprint density at radius 1 is 1.33 bits per heavy atom. The van der Waals surface area contributed by atoms with Crippen LogP contribution in [0.3, 0.4) is 0 Å². The Balaban J connectivity index is 1.91. The van der Waals surface area contributed by atoms with Gasteiger partial charge in [0.15, 0.2) is 0 Å². The van der Waals surface area contributed by atoms with Crippen molar-refractivity contribution in [3.8, 4) is 0 Å². The number of benzene rings is 1. The molecule has 1 unspecified atom stereocenters. The zero-order valence-corrected chi connectivity index (χ0v) is 8.94. The van der Waals surface area contributed by atoms with Gasteiger partial charge in [-0.25, -0.2) is 4.79 Å². The summed E-state index contributed by atoms with van der Waals surface area (Å²) in [6, 6.07) is 10.1. The minimum absolute atomic E-state index is 0.0533. The molecule has 1 N–H and O–H groups in total. The fraction of sp³-hybridized carbons (Fsp3) is 0.417. The highest BCUT2D eigenvalue weighted by atomic mass is 16.2. The fourth-order valence-electron chi connectivity index (χ4n) is 1.62. The smallest absolute Gasteiger partial charge is 0.317 e. The van der Waals surface area contributed by atoms with Gasteiger partial charge in [-0.3, -0.25) is 0 Å². The highest BCUT2D eigenvalue weighted by Gasteiger charge is 2.21. The van der Waals surface area contributed by atoms with E-state index < -0.39 is 0 Å². The Hall–Kier alpha value is -1.51. The molecule has 1 aliphatic rings. The van der Waals surface area contributed by atoms with Crippen molar-refractivity contribution in [2.75, 3.05) is 13.1 Å². The van der Waals surface area contributed by atoms with Crippen molar-refractivity contribution in [2.45, 2.75) is 19.4 Å². The molecule has 3 heteroatoms. The van der Waals surface area contributed by atoms with E-state index in [0.29, 0.717) is 0 Å². The van der Waals surface area contributed by atoms with Crippen LogP contribution in [0.15, 0.2) is 30.3 Å². The number of carbonyl (C=O) groups excluding carboxylic acids is 1. The molecule has 0 bridgehead atoms. The molecule has 0 aliphatic carbocycles. The zero-order chi connectivity index (χ0) is 10.7. The Morgan fingerprint density at radius 2 is 2.00 bits per heavy atom. The normalized spacial score (nSPS) is 16.7. The van der Waals surface area contributed by atoms with Gasteiger partial charge in [0.05, 0.1) is 6.04 Å². The van der Waals surface area contributed by atoms with Crippen LogP contribution in [0.5, 0.6) is 0 Å². The lowest BCUT2D eigenvalue weighted by molar-refractivity contribution is 0.164. The number of urea groups is 1. The SMILES string of the molecule is CC(NC(=O)N1CCC1)c1ccccc1. The predicted molar refractivity (Wildman–Crippen MR) is 59.6 cm³/mol. The molecule has 1 aromatic carbocycles. The molecule has 1 fully saturated rings. The highest BCUT2D eigenvalue weighted by Crippen LogP contribution is 2.13. The van der Waals surface area contributed by atoms with Crippen LogP contribution in [0, 0.1) is 0 Å². The van der Waals surface area contributed by atoms with Crippen LogP contribution in [0.1, 0.15) is 24.9 Å². The molecule has 1 aromatic rings. The quantitative estimate of drug-likeness (QED) is 0.786. The monoisotopic (exact) mass is 204 g/mol. The van der Waals surface area contributed by atoms with Gasteiger partial charge in [-0.1, -0.05) is 30.3 Å². The summed E-state index contributed by atoms with van der Waals surface area (Å²) < 4.78 is 0. The molecule has 0 saturated carbocycles. The average molecular weight is 204 g/mol. The summed E-state index contributed by atoms with van der Waals surface area (Å²) in [7, 11) is 0. The summed E-state index contributed by atoms with van der Waals surface area (Å²) in [5.74, 6) is 0. The average Bonchev–Trinajstić information content (AvgIpc) is 2.16. The van der Waals surface area contributed by atoms with Crippen molar-refractivity contribution in [2.24, 2.45) is 0 Å². The van der Waals surface area contributed by atoms with E-state index in [1.165, 1.54) is 0 Å². The fourth-order valence-corrected chi connectivity index (χ4v) is 1.62. The van der Waals surface area contributed by atoms with E-state index in [-0.39, 0.29) is 12.1 Å². The van der Waals surface area contributed by atoms with E-state index >= 15 is 0 Å². The van der Waals surface area contributed by atoms with Crippen molar-refractivity contribution < 1.29 is 4.79 Å². The van der Waals surface area contributed by atoms with Crippen LogP contribution in [0.25, 0.3) is 0 Å². The summed E-state index contributed by atoms with van der Waals surface area (Å²) in [6.07, 6.45) is 1.13. The minimum atomic E-state index is 0.0533. The molecule has 2 amide bonds. The maximum atomic E-state index is 11.6. The Bertz CT molecular complexity index is 333. The summed E-state index contributed by atoms with van der Waals surface area (Å²) in [6.45, 7) is 3.80. The van der Waals surface area contributed by atoms with Crippen molar-refractivity contribution in [1.29, 1.82) is 0 Å². The van der Waals surface area contributed by atoms with Crippen molar-refractivity contribution in [3.05, 3.63) is 35.9 Å². The van der Waals surface area contributed by atoms with Crippen LogP contribution in [0.4, 0.5) is 4.79 Å². The number of hydrogen-bond donors (Lipinski definition) is 1. The van der Waals surface area contributed by atoms with Gasteiger partial charge >= 0.3 is 6.03 Å². The first-order valence-electron chi connectivity index (χ1n) is 5.38. The molecule has 1 heterocycles. The van der Waals surface area contributed by atoms with E-state index in [4.69, 9.17) is 0 Å². The van der Waals surface area contributed by atoms with Crippen molar-refractivity contribution in [1.82, 2.24) is 10.2 Å². The Labute approximate surface area is 90.1 Å². The van der Waals surface area contributed by atoms with Crippen LogP contribution in [-0.4, -0.2) is 24.0 Å². The second-order valence-electron chi connectivity index (χ2n) is 3.92. The largest absolute Gasteiger partial charge is 0.331 e. The van der Waals surface area contributed by atoms with Crippen LogP contribution < -0.4 is 5.32 Å². The van der Waals surface area contributed by atoms with Crippen LogP contribution in [0.2, 0.25) is 0 Å². The van der Waals surface area contributed by atoms with Crippen LogP contribution in [-0.2, 0) is 0 Å².